The van der Waals surface area contributed by atoms with Gasteiger partial charge in [0.15, 0.2) is 0 Å². The Morgan fingerprint density at radius 3 is 2.70 bits per heavy atom. The highest BCUT2D eigenvalue weighted by atomic mass is 32.1. The SMILES string of the molecule is COC(=O)c1sc2nc(CNC3(c4ccc(F)cc4)CCOCC3)[nH]c(=O)c2c1C. The molecule has 30 heavy (non-hydrogen) atoms. The lowest BCUT2D eigenvalue weighted by Crippen LogP contribution is -2.46. The van der Waals surface area contributed by atoms with Gasteiger partial charge in [-0.1, -0.05) is 12.1 Å². The van der Waals surface area contributed by atoms with E-state index in [2.05, 4.69) is 15.3 Å². The van der Waals surface area contributed by atoms with Crippen LogP contribution in [0.1, 0.15) is 39.5 Å². The molecule has 3 aromatic rings. The van der Waals surface area contributed by atoms with Crippen molar-refractivity contribution in [2.24, 2.45) is 0 Å². The Labute approximate surface area is 176 Å². The summed E-state index contributed by atoms with van der Waals surface area (Å²) in [6, 6.07) is 6.45. The van der Waals surface area contributed by atoms with E-state index in [1.807, 2.05) is 0 Å². The lowest BCUT2D eigenvalue weighted by atomic mass is 9.82. The average molecular weight is 431 g/mol. The first-order valence-electron chi connectivity index (χ1n) is 9.63. The fraction of sp³-hybridized carbons (Fsp3) is 0.381. The molecule has 1 fully saturated rings. The number of halogens is 1. The summed E-state index contributed by atoms with van der Waals surface area (Å²) in [7, 11) is 1.31. The van der Waals surface area contributed by atoms with Crippen molar-refractivity contribution in [2.45, 2.75) is 31.8 Å². The van der Waals surface area contributed by atoms with E-state index in [0.29, 0.717) is 46.2 Å². The standard InChI is InChI=1S/C21H22FN3O4S/c1-12-16-18(26)24-15(25-19(16)30-17(12)20(27)28-2)11-23-21(7-9-29-10-8-21)13-3-5-14(22)6-4-13/h3-6,23H,7-11H2,1-2H3,(H,24,25,26). The van der Waals surface area contributed by atoms with Gasteiger partial charge in [0.2, 0.25) is 0 Å². The maximum Gasteiger partial charge on any atom is 0.348 e. The fourth-order valence-electron chi connectivity index (χ4n) is 3.87. The van der Waals surface area contributed by atoms with E-state index < -0.39 is 11.5 Å². The van der Waals surface area contributed by atoms with Crippen LogP contribution in [0.25, 0.3) is 10.2 Å². The Morgan fingerprint density at radius 1 is 1.33 bits per heavy atom. The van der Waals surface area contributed by atoms with E-state index in [0.717, 1.165) is 29.7 Å². The van der Waals surface area contributed by atoms with Gasteiger partial charge in [-0.15, -0.1) is 11.3 Å². The number of hydrogen-bond donors (Lipinski definition) is 2. The van der Waals surface area contributed by atoms with Crippen molar-refractivity contribution >= 4 is 27.5 Å². The number of ether oxygens (including phenoxy) is 2. The van der Waals surface area contributed by atoms with E-state index >= 15 is 0 Å². The monoisotopic (exact) mass is 431 g/mol. The van der Waals surface area contributed by atoms with Crippen LogP contribution in [0.3, 0.4) is 0 Å². The predicted molar refractivity (Wildman–Crippen MR) is 111 cm³/mol. The van der Waals surface area contributed by atoms with Crippen molar-refractivity contribution in [2.75, 3.05) is 20.3 Å². The first-order chi connectivity index (χ1) is 14.4. The van der Waals surface area contributed by atoms with E-state index in [-0.39, 0.29) is 11.4 Å². The molecule has 0 bridgehead atoms. The number of carbonyl (C=O) groups excluding carboxylic acids is 1. The minimum absolute atomic E-state index is 0.285. The highest BCUT2D eigenvalue weighted by Gasteiger charge is 2.34. The van der Waals surface area contributed by atoms with Gasteiger partial charge in [0.05, 0.1) is 19.0 Å². The molecule has 4 rings (SSSR count). The highest BCUT2D eigenvalue weighted by Crippen LogP contribution is 2.33. The molecule has 2 N–H and O–H groups in total. The van der Waals surface area contributed by atoms with Gasteiger partial charge in [0.25, 0.3) is 5.56 Å². The predicted octanol–water partition coefficient (Wildman–Crippen LogP) is 3.01. The third-order valence-corrected chi connectivity index (χ3v) is 6.72. The summed E-state index contributed by atoms with van der Waals surface area (Å²) in [6.45, 7) is 3.19. The van der Waals surface area contributed by atoms with Gasteiger partial charge in [-0.3, -0.25) is 4.79 Å². The molecule has 2 aromatic heterocycles. The summed E-state index contributed by atoms with van der Waals surface area (Å²) in [6.07, 6.45) is 1.44. The van der Waals surface area contributed by atoms with Gasteiger partial charge in [-0.25, -0.2) is 14.2 Å². The number of nitrogens with one attached hydrogen (secondary N) is 2. The number of aromatic nitrogens is 2. The molecule has 1 aliphatic heterocycles. The molecule has 0 radical (unpaired) electrons. The van der Waals surface area contributed by atoms with Crippen LogP contribution in [0.15, 0.2) is 29.1 Å². The summed E-state index contributed by atoms with van der Waals surface area (Å²) in [4.78, 5) is 32.9. The van der Waals surface area contributed by atoms with Crippen molar-refractivity contribution in [3.05, 3.63) is 62.3 Å². The maximum atomic E-state index is 13.4. The van der Waals surface area contributed by atoms with Gasteiger partial charge in [-0.05, 0) is 43.0 Å². The van der Waals surface area contributed by atoms with Gasteiger partial charge in [0, 0.05) is 18.8 Å². The summed E-state index contributed by atoms with van der Waals surface area (Å²) in [5, 5.41) is 3.92. The van der Waals surface area contributed by atoms with Gasteiger partial charge in [-0.2, -0.15) is 0 Å². The zero-order chi connectivity index (χ0) is 21.3. The fourth-order valence-corrected chi connectivity index (χ4v) is 4.99. The van der Waals surface area contributed by atoms with Gasteiger partial charge in [0.1, 0.15) is 21.3 Å². The van der Waals surface area contributed by atoms with Crippen LogP contribution in [-0.4, -0.2) is 36.3 Å². The molecular formula is C21H22FN3O4S. The van der Waals surface area contributed by atoms with Crippen LogP contribution in [0, 0.1) is 12.7 Å². The minimum atomic E-state index is -0.480. The number of aromatic amines is 1. The smallest absolute Gasteiger partial charge is 0.348 e. The molecule has 0 aliphatic carbocycles. The second kappa shape index (κ2) is 8.25. The van der Waals surface area contributed by atoms with Crippen molar-refractivity contribution in [1.82, 2.24) is 15.3 Å². The second-order valence-corrected chi connectivity index (χ2v) is 8.29. The maximum absolute atomic E-state index is 13.4. The van der Waals surface area contributed by atoms with Crippen molar-refractivity contribution in [3.8, 4) is 0 Å². The number of nitrogens with zero attached hydrogens (tertiary/aromatic N) is 1. The first kappa shape index (κ1) is 20.6. The van der Waals surface area contributed by atoms with Gasteiger partial charge < -0.3 is 19.8 Å². The Bertz CT molecular complexity index is 1130. The number of aryl methyl sites for hydroxylation is 1. The van der Waals surface area contributed by atoms with Crippen molar-refractivity contribution in [1.29, 1.82) is 0 Å². The molecule has 0 amide bonds. The summed E-state index contributed by atoms with van der Waals surface area (Å²) < 4.78 is 23.7. The summed E-state index contributed by atoms with van der Waals surface area (Å²) in [5.41, 5.74) is 0.851. The highest BCUT2D eigenvalue weighted by molar-refractivity contribution is 7.20. The second-order valence-electron chi connectivity index (χ2n) is 7.30. The number of carbonyl (C=O) groups is 1. The quantitative estimate of drug-likeness (QED) is 0.604. The van der Waals surface area contributed by atoms with E-state index in [1.165, 1.54) is 19.2 Å². The number of H-pyrrole nitrogens is 1. The largest absolute Gasteiger partial charge is 0.465 e. The number of fused-ring (bicyclic) bond motifs is 1. The third kappa shape index (κ3) is 3.76. The van der Waals surface area contributed by atoms with E-state index in [4.69, 9.17) is 9.47 Å². The number of benzene rings is 1. The molecule has 158 valence electrons. The molecule has 1 saturated heterocycles. The number of esters is 1. The van der Waals surface area contributed by atoms with Crippen LogP contribution in [-0.2, 0) is 21.6 Å². The summed E-state index contributed by atoms with van der Waals surface area (Å²) >= 11 is 1.15. The topological polar surface area (TPSA) is 93.3 Å². The molecule has 0 unspecified atom stereocenters. The van der Waals surface area contributed by atoms with Crippen molar-refractivity contribution in [3.63, 3.8) is 0 Å². The molecule has 9 heteroatoms. The molecule has 3 heterocycles. The van der Waals surface area contributed by atoms with E-state index in [1.54, 1.807) is 19.1 Å². The number of methoxy groups -OCH3 is 1. The minimum Gasteiger partial charge on any atom is -0.465 e. The first-order valence-corrected chi connectivity index (χ1v) is 10.4. The third-order valence-electron chi connectivity index (χ3n) is 5.56. The zero-order valence-electron chi connectivity index (χ0n) is 16.7. The number of hydrogen-bond acceptors (Lipinski definition) is 7. The molecule has 0 saturated carbocycles. The molecule has 0 atom stereocenters. The number of thiophene rings is 1. The van der Waals surface area contributed by atoms with Crippen LogP contribution < -0.4 is 10.9 Å². The normalized spacial score (nSPS) is 16.0. The summed E-state index contributed by atoms with van der Waals surface area (Å²) in [5.74, 6) is -0.294. The number of rotatable bonds is 5. The lowest BCUT2D eigenvalue weighted by Gasteiger charge is -2.38. The van der Waals surface area contributed by atoms with Crippen LogP contribution in [0.5, 0.6) is 0 Å². The Morgan fingerprint density at radius 2 is 2.03 bits per heavy atom. The molecule has 1 aliphatic rings. The molecule has 7 nitrogen and oxygen atoms in total. The lowest BCUT2D eigenvalue weighted by molar-refractivity contribution is 0.0355. The molecule has 1 aromatic carbocycles. The van der Waals surface area contributed by atoms with Crippen LogP contribution >= 0.6 is 11.3 Å². The van der Waals surface area contributed by atoms with Gasteiger partial charge >= 0.3 is 5.97 Å². The Balaban J connectivity index is 1.65. The molecule has 0 spiro atoms. The van der Waals surface area contributed by atoms with E-state index in [9.17, 15) is 14.0 Å². The Hall–Kier alpha value is -2.62. The van der Waals surface area contributed by atoms with Crippen LogP contribution in [0.2, 0.25) is 0 Å². The zero-order valence-corrected chi connectivity index (χ0v) is 17.5. The van der Waals surface area contributed by atoms with Crippen LogP contribution in [0.4, 0.5) is 4.39 Å². The van der Waals surface area contributed by atoms with Crippen molar-refractivity contribution < 1.29 is 18.7 Å². The average Bonchev–Trinajstić information content (AvgIpc) is 3.09. The Kier molecular flexibility index (Phi) is 5.68. The molecular weight excluding hydrogens is 409 g/mol.